The van der Waals surface area contributed by atoms with Gasteiger partial charge in [0.15, 0.2) is 0 Å². The molecular formula is C12H18N2OS. The topological polar surface area (TPSA) is 41.1 Å². The number of hydrogen-bond acceptors (Lipinski definition) is 3. The van der Waals surface area contributed by atoms with Crippen LogP contribution >= 0.6 is 11.8 Å². The highest BCUT2D eigenvalue weighted by Crippen LogP contribution is 2.19. The van der Waals surface area contributed by atoms with E-state index in [9.17, 15) is 4.79 Å². The molecule has 0 spiro atoms. The smallest absolute Gasteiger partial charge is 0.225 e. The van der Waals surface area contributed by atoms with Gasteiger partial charge in [-0.05, 0) is 37.1 Å². The van der Waals surface area contributed by atoms with Crippen molar-refractivity contribution in [3.05, 3.63) is 24.3 Å². The van der Waals surface area contributed by atoms with Crippen LogP contribution in [0.2, 0.25) is 0 Å². The van der Waals surface area contributed by atoms with Crippen LogP contribution in [0.15, 0.2) is 29.2 Å². The monoisotopic (exact) mass is 238 g/mol. The molecule has 4 heteroatoms. The number of carbonyl (C=O) groups is 1. The van der Waals surface area contributed by atoms with Crippen LogP contribution in [-0.2, 0) is 4.79 Å². The summed E-state index contributed by atoms with van der Waals surface area (Å²) in [5.41, 5.74) is 0.863. The lowest BCUT2D eigenvalue weighted by Gasteiger charge is -2.05. The Morgan fingerprint density at radius 3 is 2.56 bits per heavy atom. The third-order valence-corrected chi connectivity index (χ3v) is 2.95. The van der Waals surface area contributed by atoms with Crippen LogP contribution in [0.25, 0.3) is 0 Å². The van der Waals surface area contributed by atoms with Crippen molar-refractivity contribution in [2.45, 2.75) is 18.2 Å². The molecule has 2 N–H and O–H groups in total. The van der Waals surface area contributed by atoms with Gasteiger partial charge in [-0.15, -0.1) is 11.8 Å². The van der Waals surface area contributed by atoms with Crippen LogP contribution in [0.5, 0.6) is 0 Å². The Bertz CT molecular complexity index is 324. The van der Waals surface area contributed by atoms with Crippen LogP contribution < -0.4 is 10.6 Å². The molecule has 1 aromatic rings. The summed E-state index contributed by atoms with van der Waals surface area (Å²) >= 11 is 1.79. The zero-order valence-corrected chi connectivity index (χ0v) is 10.6. The Kier molecular flexibility index (Phi) is 5.96. The molecule has 0 aromatic heterocycles. The molecule has 0 atom stereocenters. The molecule has 0 aliphatic carbocycles. The highest BCUT2D eigenvalue weighted by Gasteiger charge is 2.01. The molecule has 1 amide bonds. The van der Waals surface area contributed by atoms with E-state index in [1.807, 2.05) is 31.3 Å². The minimum Gasteiger partial charge on any atom is -0.326 e. The van der Waals surface area contributed by atoms with Gasteiger partial charge in [-0.2, -0.15) is 0 Å². The summed E-state index contributed by atoms with van der Waals surface area (Å²) in [5.74, 6) is 1.11. The second-order valence-electron chi connectivity index (χ2n) is 3.36. The van der Waals surface area contributed by atoms with Gasteiger partial charge in [0.05, 0.1) is 0 Å². The van der Waals surface area contributed by atoms with Crippen LogP contribution in [0, 0.1) is 0 Å². The van der Waals surface area contributed by atoms with Gasteiger partial charge in [-0.25, -0.2) is 0 Å². The Hall–Kier alpha value is -1.00. The number of benzene rings is 1. The number of anilines is 1. The highest BCUT2D eigenvalue weighted by atomic mass is 32.2. The quantitative estimate of drug-likeness (QED) is 0.747. The number of nitrogens with one attached hydrogen (secondary N) is 2. The molecule has 0 aliphatic rings. The van der Waals surface area contributed by atoms with Crippen molar-refractivity contribution in [3.63, 3.8) is 0 Å². The van der Waals surface area contributed by atoms with Crippen molar-refractivity contribution < 1.29 is 4.79 Å². The van der Waals surface area contributed by atoms with Crippen LogP contribution in [0.4, 0.5) is 5.69 Å². The maximum absolute atomic E-state index is 11.4. The zero-order valence-electron chi connectivity index (χ0n) is 9.75. The highest BCUT2D eigenvalue weighted by molar-refractivity contribution is 7.99. The van der Waals surface area contributed by atoms with Gasteiger partial charge >= 0.3 is 0 Å². The molecule has 0 aliphatic heterocycles. The van der Waals surface area contributed by atoms with E-state index in [1.54, 1.807) is 11.8 Å². The Morgan fingerprint density at radius 2 is 2.00 bits per heavy atom. The van der Waals surface area contributed by atoms with E-state index in [0.29, 0.717) is 13.0 Å². The molecule has 0 saturated heterocycles. The Labute approximate surface area is 101 Å². The fourth-order valence-electron chi connectivity index (χ4n) is 1.26. The van der Waals surface area contributed by atoms with Crippen molar-refractivity contribution >= 4 is 23.4 Å². The van der Waals surface area contributed by atoms with E-state index in [1.165, 1.54) is 4.90 Å². The molecule has 0 saturated carbocycles. The van der Waals surface area contributed by atoms with Gasteiger partial charge in [0.1, 0.15) is 0 Å². The number of thioether (sulfide) groups is 1. The van der Waals surface area contributed by atoms with Gasteiger partial charge in [-0.3, -0.25) is 4.79 Å². The summed E-state index contributed by atoms with van der Waals surface area (Å²) in [6, 6.07) is 7.94. The van der Waals surface area contributed by atoms with E-state index in [-0.39, 0.29) is 5.91 Å². The molecule has 0 fully saturated rings. The standard InChI is InChI=1S/C12H18N2OS/c1-3-16-11-6-4-10(5-7-11)14-12(15)8-9-13-2/h4-7,13H,3,8-9H2,1-2H3,(H,14,15). The van der Waals surface area contributed by atoms with Gasteiger partial charge in [0.2, 0.25) is 5.91 Å². The second kappa shape index (κ2) is 7.30. The molecule has 88 valence electrons. The van der Waals surface area contributed by atoms with Crippen molar-refractivity contribution in [2.75, 3.05) is 24.7 Å². The molecular weight excluding hydrogens is 220 g/mol. The molecule has 16 heavy (non-hydrogen) atoms. The van der Waals surface area contributed by atoms with E-state index in [2.05, 4.69) is 17.6 Å². The van der Waals surface area contributed by atoms with Gasteiger partial charge < -0.3 is 10.6 Å². The average Bonchev–Trinajstić information content (AvgIpc) is 2.29. The summed E-state index contributed by atoms with van der Waals surface area (Å²) in [5, 5.41) is 5.80. The maximum Gasteiger partial charge on any atom is 0.225 e. The summed E-state index contributed by atoms with van der Waals surface area (Å²) in [4.78, 5) is 12.7. The number of carbonyl (C=O) groups excluding carboxylic acids is 1. The first-order valence-corrected chi connectivity index (χ1v) is 6.42. The number of hydrogen-bond donors (Lipinski definition) is 2. The Balaban J connectivity index is 2.45. The predicted octanol–water partition coefficient (Wildman–Crippen LogP) is 2.35. The normalized spacial score (nSPS) is 10.1. The van der Waals surface area contributed by atoms with Crippen LogP contribution in [0.3, 0.4) is 0 Å². The first kappa shape index (κ1) is 13.1. The molecule has 1 rings (SSSR count). The van der Waals surface area contributed by atoms with Crippen molar-refractivity contribution in [2.24, 2.45) is 0 Å². The first-order chi connectivity index (χ1) is 7.76. The van der Waals surface area contributed by atoms with E-state index >= 15 is 0 Å². The molecule has 1 aromatic carbocycles. The zero-order chi connectivity index (χ0) is 11.8. The predicted molar refractivity (Wildman–Crippen MR) is 70.0 cm³/mol. The molecule has 0 bridgehead atoms. The van der Waals surface area contributed by atoms with Crippen molar-refractivity contribution in [1.82, 2.24) is 5.32 Å². The number of rotatable bonds is 6. The second-order valence-corrected chi connectivity index (χ2v) is 4.70. The van der Waals surface area contributed by atoms with Crippen LogP contribution in [-0.4, -0.2) is 25.3 Å². The summed E-state index contributed by atoms with van der Waals surface area (Å²) in [7, 11) is 1.84. The molecule has 3 nitrogen and oxygen atoms in total. The summed E-state index contributed by atoms with van der Waals surface area (Å²) in [6.45, 7) is 2.83. The fourth-order valence-corrected chi connectivity index (χ4v) is 1.93. The Morgan fingerprint density at radius 1 is 1.31 bits per heavy atom. The minimum absolute atomic E-state index is 0.0465. The average molecular weight is 238 g/mol. The first-order valence-electron chi connectivity index (χ1n) is 5.43. The lowest BCUT2D eigenvalue weighted by Crippen LogP contribution is -2.18. The fraction of sp³-hybridized carbons (Fsp3) is 0.417. The van der Waals surface area contributed by atoms with E-state index in [0.717, 1.165) is 11.4 Å². The van der Waals surface area contributed by atoms with Gasteiger partial charge in [0, 0.05) is 23.5 Å². The SMILES string of the molecule is CCSc1ccc(NC(=O)CCNC)cc1. The molecule has 0 heterocycles. The van der Waals surface area contributed by atoms with Crippen molar-refractivity contribution in [3.8, 4) is 0 Å². The number of amides is 1. The lowest BCUT2D eigenvalue weighted by molar-refractivity contribution is -0.116. The third-order valence-electron chi connectivity index (χ3n) is 2.05. The van der Waals surface area contributed by atoms with Crippen molar-refractivity contribution in [1.29, 1.82) is 0 Å². The summed E-state index contributed by atoms with van der Waals surface area (Å²) < 4.78 is 0. The molecule has 0 unspecified atom stereocenters. The van der Waals surface area contributed by atoms with E-state index in [4.69, 9.17) is 0 Å². The van der Waals surface area contributed by atoms with E-state index < -0.39 is 0 Å². The third kappa shape index (κ3) is 4.68. The largest absolute Gasteiger partial charge is 0.326 e. The summed E-state index contributed by atoms with van der Waals surface area (Å²) in [6.07, 6.45) is 0.502. The van der Waals surface area contributed by atoms with Gasteiger partial charge in [0.25, 0.3) is 0 Å². The maximum atomic E-state index is 11.4. The lowest BCUT2D eigenvalue weighted by atomic mass is 10.3. The minimum atomic E-state index is 0.0465. The van der Waals surface area contributed by atoms with Gasteiger partial charge in [-0.1, -0.05) is 6.92 Å². The van der Waals surface area contributed by atoms with Crippen LogP contribution in [0.1, 0.15) is 13.3 Å². The molecule has 0 radical (unpaired) electrons.